The second kappa shape index (κ2) is 8.86. The van der Waals surface area contributed by atoms with Gasteiger partial charge >= 0.3 is 0 Å². The Morgan fingerprint density at radius 1 is 1.20 bits per heavy atom. The van der Waals surface area contributed by atoms with Crippen LogP contribution in [0.3, 0.4) is 0 Å². The number of carbonyl (C=O) groups excluding carboxylic acids is 1. The highest BCUT2D eigenvalue weighted by Crippen LogP contribution is 2.39. The molecule has 2 aliphatic heterocycles. The van der Waals surface area contributed by atoms with Gasteiger partial charge in [-0.3, -0.25) is 4.79 Å². The van der Waals surface area contributed by atoms with Gasteiger partial charge in [0.1, 0.15) is 31.1 Å². The number of rotatable bonds is 7. The third-order valence-corrected chi connectivity index (χ3v) is 5.20. The standard InChI is InChI=1S/C21H25N3O6/c1-23-17-10-22-20(27-2)9-16(17)24(11-21(23)26)14-3-5-15(6-4-14)29-7-8-30-19-13-28-12-18(19)25/h3-6,9-10,18-19,25H,7-8,11-13H2,1-2H3. The number of pyridine rings is 1. The Kier molecular flexibility index (Phi) is 6.03. The van der Waals surface area contributed by atoms with E-state index < -0.39 is 6.10 Å². The van der Waals surface area contributed by atoms with Gasteiger partial charge in [-0.15, -0.1) is 0 Å². The number of ether oxygens (including phenoxy) is 4. The maximum atomic E-state index is 12.4. The topological polar surface area (TPSA) is 93.6 Å². The maximum Gasteiger partial charge on any atom is 0.246 e. The zero-order valence-corrected chi connectivity index (χ0v) is 17.0. The summed E-state index contributed by atoms with van der Waals surface area (Å²) in [5, 5.41) is 9.66. The van der Waals surface area contributed by atoms with Crippen LogP contribution in [0.15, 0.2) is 36.5 Å². The predicted molar refractivity (Wildman–Crippen MR) is 110 cm³/mol. The lowest BCUT2D eigenvalue weighted by Gasteiger charge is -2.35. The van der Waals surface area contributed by atoms with Crippen LogP contribution in [0.25, 0.3) is 0 Å². The van der Waals surface area contributed by atoms with Gasteiger partial charge in [-0.05, 0) is 24.3 Å². The zero-order valence-electron chi connectivity index (χ0n) is 17.0. The molecule has 9 nitrogen and oxygen atoms in total. The molecule has 3 heterocycles. The maximum absolute atomic E-state index is 12.4. The van der Waals surface area contributed by atoms with Crippen molar-refractivity contribution in [2.45, 2.75) is 12.2 Å². The van der Waals surface area contributed by atoms with Crippen molar-refractivity contribution in [2.75, 3.05) is 56.9 Å². The highest BCUT2D eigenvalue weighted by atomic mass is 16.6. The molecule has 1 amide bonds. The second-order valence-corrected chi connectivity index (χ2v) is 7.11. The van der Waals surface area contributed by atoms with Crippen LogP contribution in [0, 0.1) is 0 Å². The average Bonchev–Trinajstić information content (AvgIpc) is 3.18. The minimum Gasteiger partial charge on any atom is -0.491 e. The molecule has 1 saturated heterocycles. The van der Waals surface area contributed by atoms with Crippen molar-refractivity contribution in [3.8, 4) is 11.6 Å². The fourth-order valence-electron chi connectivity index (χ4n) is 3.46. The Morgan fingerprint density at radius 2 is 2.00 bits per heavy atom. The van der Waals surface area contributed by atoms with E-state index in [2.05, 4.69) is 4.98 Å². The van der Waals surface area contributed by atoms with Gasteiger partial charge in [-0.25, -0.2) is 4.98 Å². The van der Waals surface area contributed by atoms with E-state index in [1.54, 1.807) is 25.3 Å². The Bertz CT molecular complexity index is 891. The van der Waals surface area contributed by atoms with E-state index in [-0.39, 0.29) is 18.6 Å². The minimum absolute atomic E-state index is 0.0231. The summed E-state index contributed by atoms with van der Waals surface area (Å²) in [4.78, 5) is 20.2. The summed E-state index contributed by atoms with van der Waals surface area (Å²) < 4.78 is 21.7. The number of fused-ring (bicyclic) bond motifs is 1. The number of methoxy groups -OCH3 is 1. The Morgan fingerprint density at radius 3 is 2.70 bits per heavy atom. The first-order valence-corrected chi connectivity index (χ1v) is 9.75. The lowest BCUT2D eigenvalue weighted by atomic mass is 10.1. The largest absolute Gasteiger partial charge is 0.491 e. The van der Waals surface area contributed by atoms with Crippen LogP contribution >= 0.6 is 0 Å². The van der Waals surface area contributed by atoms with Gasteiger partial charge < -0.3 is 33.9 Å². The summed E-state index contributed by atoms with van der Waals surface area (Å²) in [5.74, 6) is 1.16. The Labute approximate surface area is 174 Å². The molecule has 1 aromatic heterocycles. The number of amides is 1. The van der Waals surface area contributed by atoms with Crippen LogP contribution in [0.4, 0.5) is 17.1 Å². The molecule has 30 heavy (non-hydrogen) atoms. The van der Waals surface area contributed by atoms with Gasteiger partial charge in [-0.1, -0.05) is 0 Å². The fraction of sp³-hybridized carbons (Fsp3) is 0.429. The zero-order chi connectivity index (χ0) is 21.1. The number of likely N-dealkylation sites (N-methyl/N-ethyl adjacent to an activating group) is 1. The van der Waals surface area contributed by atoms with Crippen LogP contribution in [0.2, 0.25) is 0 Å². The first-order valence-electron chi connectivity index (χ1n) is 9.75. The summed E-state index contributed by atoms with van der Waals surface area (Å²) in [5.41, 5.74) is 2.44. The first kappa shape index (κ1) is 20.4. The van der Waals surface area contributed by atoms with Crippen molar-refractivity contribution in [1.29, 1.82) is 0 Å². The highest BCUT2D eigenvalue weighted by molar-refractivity contribution is 6.04. The van der Waals surface area contributed by atoms with Crippen molar-refractivity contribution < 1.29 is 28.8 Å². The van der Waals surface area contributed by atoms with Crippen molar-refractivity contribution in [3.63, 3.8) is 0 Å². The van der Waals surface area contributed by atoms with Crippen LogP contribution in [-0.2, 0) is 14.3 Å². The van der Waals surface area contributed by atoms with Crippen molar-refractivity contribution in [2.24, 2.45) is 0 Å². The second-order valence-electron chi connectivity index (χ2n) is 7.11. The summed E-state index contributed by atoms with van der Waals surface area (Å²) >= 11 is 0. The number of aliphatic hydroxyl groups is 1. The fourth-order valence-corrected chi connectivity index (χ4v) is 3.46. The molecule has 0 saturated carbocycles. The van der Waals surface area contributed by atoms with Crippen molar-refractivity contribution in [3.05, 3.63) is 36.5 Å². The molecule has 160 valence electrons. The molecular formula is C21H25N3O6. The molecule has 9 heteroatoms. The molecule has 0 spiro atoms. The van der Waals surface area contributed by atoms with E-state index in [0.29, 0.717) is 38.1 Å². The van der Waals surface area contributed by atoms with Crippen LogP contribution in [0.1, 0.15) is 0 Å². The molecule has 1 aromatic carbocycles. The normalized spacial score (nSPS) is 21.0. The number of benzene rings is 1. The molecular weight excluding hydrogens is 390 g/mol. The third kappa shape index (κ3) is 4.18. The lowest BCUT2D eigenvalue weighted by molar-refractivity contribution is -0.117. The van der Waals surface area contributed by atoms with Gasteiger partial charge in [-0.2, -0.15) is 0 Å². The molecule has 0 aliphatic carbocycles. The smallest absolute Gasteiger partial charge is 0.246 e. The summed E-state index contributed by atoms with van der Waals surface area (Å²) in [7, 11) is 3.30. The number of anilines is 3. The highest BCUT2D eigenvalue weighted by Gasteiger charge is 2.29. The Balaban J connectivity index is 1.41. The number of hydrogen-bond donors (Lipinski definition) is 1. The molecule has 1 fully saturated rings. The number of carbonyl (C=O) groups is 1. The van der Waals surface area contributed by atoms with Gasteiger partial charge in [0.25, 0.3) is 0 Å². The average molecular weight is 415 g/mol. The van der Waals surface area contributed by atoms with Crippen molar-refractivity contribution >= 4 is 23.0 Å². The molecule has 0 radical (unpaired) electrons. The van der Waals surface area contributed by atoms with E-state index in [4.69, 9.17) is 18.9 Å². The van der Waals surface area contributed by atoms with E-state index in [9.17, 15) is 9.90 Å². The SMILES string of the molecule is COc1cc2c(cn1)N(C)C(=O)CN2c1ccc(OCCOC2COCC2O)cc1. The van der Waals surface area contributed by atoms with E-state index in [1.165, 1.54) is 0 Å². The number of aromatic nitrogens is 1. The molecule has 0 bridgehead atoms. The van der Waals surface area contributed by atoms with Gasteiger partial charge in [0.2, 0.25) is 11.8 Å². The van der Waals surface area contributed by atoms with Crippen molar-refractivity contribution in [1.82, 2.24) is 4.98 Å². The monoisotopic (exact) mass is 415 g/mol. The van der Waals surface area contributed by atoms with Gasteiger partial charge in [0.15, 0.2) is 0 Å². The van der Waals surface area contributed by atoms with Crippen LogP contribution < -0.4 is 19.3 Å². The number of nitrogens with zero attached hydrogens (tertiary/aromatic N) is 3. The quantitative estimate of drug-likeness (QED) is 0.678. The van der Waals surface area contributed by atoms with Crippen LogP contribution in [0.5, 0.6) is 11.6 Å². The molecule has 2 aromatic rings. The van der Waals surface area contributed by atoms with E-state index in [1.807, 2.05) is 35.2 Å². The molecule has 1 N–H and O–H groups in total. The lowest BCUT2D eigenvalue weighted by Crippen LogP contribution is -2.41. The minimum atomic E-state index is -0.577. The molecule has 2 aliphatic rings. The van der Waals surface area contributed by atoms with Crippen LogP contribution in [-0.4, -0.2) is 75.3 Å². The molecule has 2 unspecified atom stereocenters. The van der Waals surface area contributed by atoms with E-state index in [0.717, 1.165) is 17.1 Å². The first-order chi connectivity index (χ1) is 14.6. The van der Waals surface area contributed by atoms with Gasteiger partial charge in [0, 0.05) is 18.8 Å². The predicted octanol–water partition coefficient (Wildman–Crippen LogP) is 1.36. The number of hydrogen-bond acceptors (Lipinski definition) is 8. The number of aliphatic hydroxyl groups excluding tert-OH is 1. The summed E-state index contributed by atoms with van der Waals surface area (Å²) in [6.07, 6.45) is 0.770. The third-order valence-electron chi connectivity index (χ3n) is 5.20. The molecule has 4 rings (SSSR count). The Hall–Kier alpha value is -2.88. The van der Waals surface area contributed by atoms with E-state index >= 15 is 0 Å². The summed E-state index contributed by atoms with van der Waals surface area (Å²) in [6.45, 7) is 1.66. The van der Waals surface area contributed by atoms with Gasteiger partial charge in [0.05, 0.1) is 44.5 Å². The summed E-state index contributed by atoms with van der Waals surface area (Å²) in [6, 6.07) is 9.33. The molecule has 2 atom stereocenters.